The molecule has 0 fully saturated rings. The summed E-state index contributed by atoms with van der Waals surface area (Å²) in [5, 5.41) is 15.4. The van der Waals surface area contributed by atoms with E-state index in [0.29, 0.717) is 35.8 Å². The number of amides is 1. The second-order valence-electron chi connectivity index (χ2n) is 4.79. The van der Waals surface area contributed by atoms with Crippen LogP contribution in [0.1, 0.15) is 17.5 Å². The van der Waals surface area contributed by atoms with E-state index in [2.05, 4.69) is 10.6 Å². The van der Waals surface area contributed by atoms with Crippen LogP contribution in [0.2, 0.25) is 5.02 Å². The number of carbonyl (C=O) groups excluding carboxylic acids is 1. The summed E-state index contributed by atoms with van der Waals surface area (Å²) in [5.41, 5.74) is 2.39. The van der Waals surface area contributed by atoms with Crippen molar-refractivity contribution in [2.24, 2.45) is 0 Å². The van der Waals surface area contributed by atoms with Gasteiger partial charge in [-0.15, -0.1) is 0 Å². The van der Waals surface area contributed by atoms with E-state index >= 15 is 0 Å². The third-order valence-corrected chi connectivity index (χ3v) is 3.32. The van der Waals surface area contributed by atoms with Gasteiger partial charge in [-0.2, -0.15) is 5.26 Å². The van der Waals surface area contributed by atoms with Crippen molar-refractivity contribution in [1.29, 1.82) is 5.26 Å². The Bertz CT molecular complexity index is 660. The third kappa shape index (κ3) is 5.21. The van der Waals surface area contributed by atoms with Gasteiger partial charge in [0.15, 0.2) is 0 Å². The minimum absolute atomic E-state index is 0.0617. The molecule has 1 amide bonds. The summed E-state index contributed by atoms with van der Waals surface area (Å²) in [6.45, 7) is 1.28. The Morgan fingerprint density at radius 1 is 1.09 bits per heavy atom. The van der Waals surface area contributed by atoms with E-state index in [1.165, 1.54) is 0 Å². The first kappa shape index (κ1) is 16.0. The van der Waals surface area contributed by atoms with E-state index in [1.807, 2.05) is 30.3 Å². The number of halogens is 1. The Kier molecular flexibility index (Phi) is 5.96. The lowest BCUT2D eigenvalue weighted by Gasteiger charge is -2.07. The van der Waals surface area contributed by atoms with Crippen LogP contribution in [-0.4, -0.2) is 12.5 Å². The van der Waals surface area contributed by atoms with Gasteiger partial charge in [-0.25, -0.2) is 0 Å². The molecule has 0 bridgehead atoms. The molecule has 2 aromatic rings. The predicted octanol–water partition coefficient (Wildman–Crippen LogP) is 3.33. The summed E-state index contributed by atoms with van der Waals surface area (Å²) < 4.78 is 0. The number of anilines is 1. The maximum atomic E-state index is 11.8. The monoisotopic (exact) mass is 313 g/mol. The van der Waals surface area contributed by atoms with Crippen LogP contribution in [-0.2, 0) is 11.3 Å². The Labute approximate surface area is 134 Å². The largest absolute Gasteiger partial charge is 0.326 e. The molecule has 112 valence electrons. The second-order valence-corrected chi connectivity index (χ2v) is 5.23. The van der Waals surface area contributed by atoms with Crippen molar-refractivity contribution < 1.29 is 4.79 Å². The van der Waals surface area contributed by atoms with Crippen LogP contribution < -0.4 is 10.6 Å². The topological polar surface area (TPSA) is 64.9 Å². The maximum absolute atomic E-state index is 11.8. The molecule has 5 heteroatoms. The fourth-order valence-corrected chi connectivity index (χ4v) is 2.01. The molecular formula is C17H16ClN3O. The van der Waals surface area contributed by atoms with E-state index in [0.717, 1.165) is 5.56 Å². The molecule has 2 rings (SSSR count). The zero-order valence-electron chi connectivity index (χ0n) is 12.0. The Hall–Kier alpha value is -2.35. The van der Waals surface area contributed by atoms with E-state index < -0.39 is 0 Å². The highest BCUT2D eigenvalue weighted by atomic mass is 35.5. The fourth-order valence-electron chi connectivity index (χ4n) is 1.89. The molecule has 0 aliphatic carbocycles. The Morgan fingerprint density at radius 2 is 1.77 bits per heavy atom. The number of nitrogens with zero attached hydrogens (tertiary/aromatic N) is 1. The van der Waals surface area contributed by atoms with Crippen molar-refractivity contribution in [3.05, 3.63) is 64.7 Å². The van der Waals surface area contributed by atoms with Gasteiger partial charge in [0.25, 0.3) is 0 Å². The molecule has 0 heterocycles. The zero-order valence-corrected chi connectivity index (χ0v) is 12.7. The molecule has 0 radical (unpaired) electrons. The summed E-state index contributed by atoms with van der Waals surface area (Å²) in [6, 6.07) is 16.4. The standard InChI is InChI=1S/C17H16ClN3O/c18-15-5-1-14(2-6-15)12-20-10-9-17(22)21-16-7-3-13(11-19)4-8-16/h1-8,20H,9-10,12H2,(H,21,22). The van der Waals surface area contributed by atoms with Gasteiger partial charge in [0.2, 0.25) is 5.91 Å². The highest BCUT2D eigenvalue weighted by molar-refractivity contribution is 6.30. The molecule has 0 saturated heterocycles. The molecule has 0 spiro atoms. The second kappa shape index (κ2) is 8.18. The highest BCUT2D eigenvalue weighted by Gasteiger charge is 2.02. The van der Waals surface area contributed by atoms with Crippen LogP contribution in [0.3, 0.4) is 0 Å². The van der Waals surface area contributed by atoms with E-state index in [9.17, 15) is 4.79 Å². The minimum atomic E-state index is -0.0617. The minimum Gasteiger partial charge on any atom is -0.326 e. The first-order valence-electron chi connectivity index (χ1n) is 6.92. The molecule has 2 aromatic carbocycles. The number of hydrogen-bond acceptors (Lipinski definition) is 3. The van der Waals surface area contributed by atoms with Crippen LogP contribution in [0, 0.1) is 11.3 Å². The van der Waals surface area contributed by atoms with E-state index in [1.54, 1.807) is 24.3 Å². The number of rotatable bonds is 6. The first-order chi connectivity index (χ1) is 10.7. The Balaban J connectivity index is 1.69. The Morgan fingerprint density at radius 3 is 2.41 bits per heavy atom. The molecule has 0 atom stereocenters. The third-order valence-electron chi connectivity index (χ3n) is 3.07. The van der Waals surface area contributed by atoms with Crippen LogP contribution in [0.15, 0.2) is 48.5 Å². The van der Waals surface area contributed by atoms with Crippen molar-refractivity contribution in [2.45, 2.75) is 13.0 Å². The predicted molar refractivity (Wildman–Crippen MR) is 87.6 cm³/mol. The lowest BCUT2D eigenvalue weighted by molar-refractivity contribution is -0.116. The lowest BCUT2D eigenvalue weighted by atomic mass is 10.2. The van der Waals surface area contributed by atoms with Crippen molar-refractivity contribution in [3.63, 3.8) is 0 Å². The van der Waals surface area contributed by atoms with E-state index in [-0.39, 0.29) is 5.91 Å². The van der Waals surface area contributed by atoms with Crippen molar-refractivity contribution in [3.8, 4) is 6.07 Å². The van der Waals surface area contributed by atoms with E-state index in [4.69, 9.17) is 16.9 Å². The first-order valence-corrected chi connectivity index (χ1v) is 7.30. The highest BCUT2D eigenvalue weighted by Crippen LogP contribution is 2.10. The molecule has 0 aliphatic heterocycles. The number of benzene rings is 2. The average Bonchev–Trinajstić information content (AvgIpc) is 2.54. The SMILES string of the molecule is N#Cc1ccc(NC(=O)CCNCc2ccc(Cl)cc2)cc1. The average molecular weight is 314 g/mol. The van der Waals surface area contributed by atoms with Gasteiger partial charge < -0.3 is 10.6 Å². The van der Waals surface area contributed by atoms with Crippen molar-refractivity contribution >= 4 is 23.2 Å². The molecule has 0 aliphatic rings. The summed E-state index contributed by atoms with van der Waals surface area (Å²) in [4.78, 5) is 11.8. The van der Waals surface area contributed by atoms with Gasteiger partial charge in [0.1, 0.15) is 0 Å². The van der Waals surface area contributed by atoms with Crippen LogP contribution in [0.5, 0.6) is 0 Å². The number of nitrogens with one attached hydrogen (secondary N) is 2. The maximum Gasteiger partial charge on any atom is 0.225 e. The fraction of sp³-hybridized carbons (Fsp3) is 0.176. The molecule has 2 N–H and O–H groups in total. The van der Waals surface area contributed by atoms with Gasteiger partial charge in [0.05, 0.1) is 11.6 Å². The normalized spacial score (nSPS) is 10.0. The van der Waals surface area contributed by atoms with Gasteiger partial charge in [-0.05, 0) is 42.0 Å². The number of nitriles is 1. The number of hydrogen-bond donors (Lipinski definition) is 2. The quantitative estimate of drug-likeness (QED) is 0.804. The van der Waals surface area contributed by atoms with Crippen LogP contribution in [0.4, 0.5) is 5.69 Å². The smallest absolute Gasteiger partial charge is 0.225 e. The summed E-state index contributed by atoms with van der Waals surface area (Å²) in [6.07, 6.45) is 0.383. The molecule has 4 nitrogen and oxygen atoms in total. The van der Waals surface area contributed by atoms with Gasteiger partial charge in [-0.3, -0.25) is 4.79 Å². The summed E-state index contributed by atoms with van der Waals surface area (Å²) >= 11 is 5.82. The van der Waals surface area contributed by atoms with Crippen molar-refractivity contribution in [1.82, 2.24) is 5.32 Å². The van der Waals surface area contributed by atoms with Crippen LogP contribution >= 0.6 is 11.6 Å². The summed E-state index contributed by atoms with van der Waals surface area (Å²) in [5.74, 6) is -0.0617. The zero-order chi connectivity index (χ0) is 15.8. The van der Waals surface area contributed by atoms with Gasteiger partial charge in [-0.1, -0.05) is 23.7 Å². The molecule has 0 aromatic heterocycles. The molecule has 0 unspecified atom stereocenters. The summed E-state index contributed by atoms with van der Waals surface area (Å²) in [7, 11) is 0. The van der Waals surface area contributed by atoms with Crippen molar-refractivity contribution in [2.75, 3.05) is 11.9 Å². The van der Waals surface area contributed by atoms with Crippen LogP contribution in [0.25, 0.3) is 0 Å². The van der Waals surface area contributed by atoms with Gasteiger partial charge >= 0.3 is 0 Å². The lowest BCUT2D eigenvalue weighted by Crippen LogP contribution is -2.21. The number of carbonyl (C=O) groups is 1. The van der Waals surface area contributed by atoms with Gasteiger partial charge in [0, 0.05) is 30.2 Å². The molecule has 22 heavy (non-hydrogen) atoms. The molecule has 0 saturated carbocycles. The molecular weight excluding hydrogens is 298 g/mol.